The van der Waals surface area contributed by atoms with Gasteiger partial charge in [-0.15, -0.1) is 0 Å². The molecule has 1 heterocycles. The lowest BCUT2D eigenvalue weighted by Gasteiger charge is -2.21. The summed E-state index contributed by atoms with van der Waals surface area (Å²) in [6.07, 6.45) is -3.94. The highest BCUT2D eigenvalue weighted by atomic mass is 19.4. The van der Waals surface area contributed by atoms with Gasteiger partial charge in [-0.25, -0.2) is 4.39 Å². The fraction of sp³-hybridized carbons (Fsp3) is 0.308. The van der Waals surface area contributed by atoms with E-state index in [-0.39, 0.29) is 17.9 Å². The highest BCUT2D eigenvalue weighted by Gasteiger charge is 2.42. The van der Waals surface area contributed by atoms with Crippen LogP contribution in [0.25, 0.3) is 0 Å². The number of para-hydroxylation sites is 1. The molecule has 0 N–H and O–H groups in total. The third-order valence-corrected chi connectivity index (χ3v) is 5.40. The lowest BCUT2D eigenvalue weighted by atomic mass is 9.94. The van der Waals surface area contributed by atoms with Gasteiger partial charge < -0.3 is 14.2 Å². The Hall–Kier alpha value is -3.06. The first-order valence-corrected chi connectivity index (χ1v) is 10.6. The first-order chi connectivity index (χ1) is 15.6. The molecule has 174 valence electrons. The van der Waals surface area contributed by atoms with Gasteiger partial charge in [-0.05, 0) is 60.9 Å². The van der Waals surface area contributed by atoms with Crippen LogP contribution in [0.2, 0.25) is 0 Å². The van der Waals surface area contributed by atoms with Crippen LogP contribution in [0, 0.1) is 5.82 Å². The Morgan fingerprint density at radius 2 is 1.76 bits per heavy atom. The molecule has 3 nitrogen and oxygen atoms in total. The second kappa shape index (κ2) is 9.06. The first-order valence-electron chi connectivity index (χ1n) is 10.6. The van der Waals surface area contributed by atoms with Gasteiger partial charge in [0.25, 0.3) is 0 Å². The molecular formula is C26H24F4O3. The number of halogens is 4. The number of benzene rings is 3. The molecule has 0 fully saturated rings. The van der Waals surface area contributed by atoms with E-state index in [4.69, 9.17) is 14.2 Å². The summed E-state index contributed by atoms with van der Waals surface area (Å²) in [6, 6.07) is 17.3. The maximum atomic E-state index is 14.1. The van der Waals surface area contributed by atoms with E-state index in [1.54, 1.807) is 42.5 Å². The molecule has 0 saturated carbocycles. The molecule has 0 aliphatic carbocycles. The van der Waals surface area contributed by atoms with Gasteiger partial charge in [0.1, 0.15) is 23.0 Å². The van der Waals surface area contributed by atoms with Gasteiger partial charge in [-0.2, -0.15) is 13.2 Å². The van der Waals surface area contributed by atoms with E-state index in [1.807, 2.05) is 13.8 Å². The maximum Gasteiger partial charge on any atom is 0.397 e. The molecule has 1 unspecified atom stereocenters. The van der Waals surface area contributed by atoms with Crippen LogP contribution >= 0.6 is 0 Å². The van der Waals surface area contributed by atoms with Gasteiger partial charge in [-0.1, -0.05) is 36.4 Å². The third-order valence-electron chi connectivity index (χ3n) is 5.40. The van der Waals surface area contributed by atoms with Crippen molar-refractivity contribution >= 4 is 0 Å². The summed E-state index contributed by atoms with van der Waals surface area (Å²) in [5.41, 5.74) is 0.961. The van der Waals surface area contributed by atoms with Gasteiger partial charge in [0.05, 0.1) is 13.2 Å². The van der Waals surface area contributed by atoms with Gasteiger partial charge in [-0.3, -0.25) is 0 Å². The van der Waals surface area contributed by atoms with Gasteiger partial charge in [0.2, 0.25) is 0 Å². The van der Waals surface area contributed by atoms with E-state index in [0.717, 1.165) is 5.56 Å². The van der Waals surface area contributed by atoms with Crippen molar-refractivity contribution in [3.05, 3.63) is 89.2 Å². The summed E-state index contributed by atoms with van der Waals surface area (Å²) < 4.78 is 72.3. The average molecular weight is 460 g/mol. The van der Waals surface area contributed by atoms with Crippen molar-refractivity contribution in [1.82, 2.24) is 0 Å². The number of hydrogen-bond donors (Lipinski definition) is 0. The van der Waals surface area contributed by atoms with Crippen molar-refractivity contribution < 1.29 is 31.8 Å². The summed E-state index contributed by atoms with van der Waals surface area (Å²) in [6.45, 7) is 3.13. The minimum atomic E-state index is -4.48. The molecule has 1 aliphatic rings. The molecule has 0 amide bonds. The summed E-state index contributed by atoms with van der Waals surface area (Å²) in [5.74, 6) is -1.31. The molecule has 1 aliphatic heterocycles. The SMILES string of the molecule is CC1(C)Cc2cc(C(COCc3ccc(F)c(Oc4ccccc4)c3)C(F)(F)F)ccc2O1. The van der Waals surface area contributed by atoms with E-state index in [0.29, 0.717) is 23.5 Å². The van der Waals surface area contributed by atoms with Crippen LogP contribution in [0.15, 0.2) is 66.7 Å². The van der Waals surface area contributed by atoms with E-state index in [1.165, 1.54) is 24.3 Å². The Kier molecular flexibility index (Phi) is 6.34. The molecular weight excluding hydrogens is 436 g/mol. The molecule has 0 aromatic heterocycles. The van der Waals surface area contributed by atoms with Crippen LogP contribution in [0.5, 0.6) is 17.2 Å². The van der Waals surface area contributed by atoms with Crippen molar-refractivity contribution in [1.29, 1.82) is 0 Å². The Morgan fingerprint density at radius 1 is 1.00 bits per heavy atom. The van der Waals surface area contributed by atoms with Crippen molar-refractivity contribution in [2.24, 2.45) is 0 Å². The van der Waals surface area contributed by atoms with Crippen molar-refractivity contribution in [2.45, 2.75) is 44.6 Å². The highest BCUT2D eigenvalue weighted by Crippen LogP contribution is 2.40. The standard InChI is InChI=1S/C26H24F4O3/c1-25(2)14-19-13-18(9-11-23(19)33-25)21(26(28,29)30)16-31-15-17-8-10-22(27)24(12-17)32-20-6-4-3-5-7-20/h3-13,21H,14-16H2,1-2H3. The van der Waals surface area contributed by atoms with E-state index >= 15 is 0 Å². The van der Waals surface area contributed by atoms with Gasteiger partial charge in [0.15, 0.2) is 11.6 Å². The second-order valence-corrected chi connectivity index (χ2v) is 8.69. The molecule has 0 spiro atoms. The summed E-state index contributed by atoms with van der Waals surface area (Å²) in [4.78, 5) is 0. The van der Waals surface area contributed by atoms with Gasteiger partial charge >= 0.3 is 6.18 Å². The average Bonchev–Trinajstić information content (AvgIpc) is 3.06. The van der Waals surface area contributed by atoms with Crippen LogP contribution in [-0.4, -0.2) is 18.4 Å². The Balaban J connectivity index is 1.44. The fourth-order valence-electron chi connectivity index (χ4n) is 3.85. The summed E-state index contributed by atoms with van der Waals surface area (Å²) >= 11 is 0. The molecule has 0 radical (unpaired) electrons. The Morgan fingerprint density at radius 3 is 2.48 bits per heavy atom. The zero-order valence-corrected chi connectivity index (χ0v) is 18.3. The molecule has 3 aromatic rings. The fourth-order valence-corrected chi connectivity index (χ4v) is 3.85. The van der Waals surface area contributed by atoms with Crippen LogP contribution in [-0.2, 0) is 17.8 Å². The predicted octanol–water partition coefficient (Wildman–Crippen LogP) is 7.19. The minimum Gasteiger partial charge on any atom is -0.487 e. The van der Waals surface area contributed by atoms with Crippen molar-refractivity contribution in [3.8, 4) is 17.2 Å². The monoisotopic (exact) mass is 460 g/mol. The van der Waals surface area contributed by atoms with Gasteiger partial charge in [0, 0.05) is 6.42 Å². The molecule has 3 aromatic carbocycles. The molecule has 33 heavy (non-hydrogen) atoms. The number of rotatable bonds is 7. The highest BCUT2D eigenvalue weighted by molar-refractivity contribution is 5.43. The topological polar surface area (TPSA) is 27.7 Å². The lowest BCUT2D eigenvalue weighted by Crippen LogP contribution is -2.25. The normalized spacial score (nSPS) is 15.6. The first kappa shape index (κ1) is 23.1. The molecule has 7 heteroatoms. The number of hydrogen-bond acceptors (Lipinski definition) is 3. The lowest BCUT2D eigenvalue weighted by molar-refractivity contribution is -0.163. The zero-order valence-electron chi connectivity index (χ0n) is 18.3. The number of fused-ring (bicyclic) bond motifs is 1. The second-order valence-electron chi connectivity index (χ2n) is 8.69. The number of alkyl halides is 3. The summed E-state index contributed by atoms with van der Waals surface area (Å²) in [5, 5.41) is 0. The Bertz CT molecular complexity index is 1110. The molecule has 4 rings (SSSR count). The van der Waals surface area contributed by atoms with Crippen LogP contribution in [0.1, 0.15) is 36.5 Å². The third kappa shape index (κ3) is 5.66. The van der Waals surface area contributed by atoms with Crippen molar-refractivity contribution in [3.63, 3.8) is 0 Å². The predicted molar refractivity (Wildman–Crippen MR) is 116 cm³/mol. The van der Waals surface area contributed by atoms with E-state index in [2.05, 4.69) is 0 Å². The van der Waals surface area contributed by atoms with E-state index in [9.17, 15) is 17.6 Å². The van der Waals surface area contributed by atoms with E-state index < -0.39 is 30.1 Å². The van der Waals surface area contributed by atoms with Crippen molar-refractivity contribution in [2.75, 3.05) is 6.61 Å². The Labute approximate surface area is 189 Å². The van der Waals surface area contributed by atoms with Crippen LogP contribution in [0.3, 0.4) is 0 Å². The summed E-state index contributed by atoms with van der Waals surface area (Å²) in [7, 11) is 0. The zero-order chi connectivity index (χ0) is 23.6. The minimum absolute atomic E-state index is 0.0177. The maximum absolute atomic E-state index is 14.1. The quantitative estimate of drug-likeness (QED) is 0.349. The van der Waals surface area contributed by atoms with Crippen LogP contribution < -0.4 is 9.47 Å². The molecule has 1 atom stereocenters. The molecule has 0 saturated heterocycles. The largest absolute Gasteiger partial charge is 0.487 e. The number of ether oxygens (including phenoxy) is 3. The molecule has 0 bridgehead atoms. The smallest absolute Gasteiger partial charge is 0.397 e. The van der Waals surface area contributed by atoms with Crippen LogP contribution in [0.4, 0.5) is 17.6 Å².